The van der Waals surface area contributed by atoms with Gasteiger partial charge >= 0.3 is 0 Å². The summed E-state index contributed by atoms with van der Waals surface area (Å²) < 4.78 is 32.0. The highest BCUT2D eigenvalue weighted by atomic mass is 32.2. The summed E-state index contributed by atoms with van der Waals surface area (Å²) in [5, 5.41) is 2.84. The van der Waals surface area contributed by atoms with E-state index in [9.17, 15) is 13.2 Å². The second-order valence-corrected chi connectivity index (χ2v) is 7.45. The average molecular weight is 326 g/mol. The van der Waals surface area contributed by atoms with Crippen molar-refractivity contribution in [3.8, 4) is 5.75 Å². The lowest BCUT2D eigenvalue weighted by Crippen LogP contribution is -2.46. The predicted octanol–water partition coefficient (Wildman–Crippen LogP) is 1.29. The molecule has 1 fully saturated rings. The van der Waals surface area contributed by atoms with Crippen LogP contribution in [-0.2, 0) is 14.8 Å². The highest BCUT2D eigenvalue weighted by Crippen LogP contribution is 2.25. The molecule has 0 aromatic heterocycles. The molecule has 22 heavy (non-hydrogen) atoms. The standard InChI is InChI=1S/C15H22N2O4S/c1-11-10-14(4-5-15(11)21-3)22(19,20)17-8-6-13(7-9-17)16-12(2)18/h4-5,10,13H,6-9H2,1-3H3,(H,16,18). The summed E-state index contributed by atoms with van der Waals surface area (Å²) in [6.45, 7) is 4.13. The van der Waals surface area contributed by atoms with E-state index in [4.69, 9.17) is 4.74 Å². The first-order valence-electron chi connectivity index (χ1n) is 7.26. The van der Waals surface area contributed by atoms with Crippen molar-refractivity contribution in [2.75, 3.05) is 20.2 Å². The third-order valence-corrected chi connectivity index (χ3v) is 5.76. The minimum Gasteiger partial charge on any atom is -0.496 e. The molecule has 2 rings (SSSR count). The Balaban J connectivity index is 2.11. The zero-order chi connectivity index (χ0) is 16.3. The van der Waals surface area contributed by atoms with Crippen molar-refractivity contribution in [1.29, 1.82) is 0 Å². The van der Waals surface area contributed by atoms with Gasteiger partial charge in [-0.2, -0.15) is 4.31 Å². The van der Waals surface area contributed by atoms with Crippen molar-refractivity contribution in [3.05, 3.63) is 23.8 Å². The van der Waals surface area contributed by atoms with Crippen LogP contribution in [0.5, 0.6) is 5.75 Å². The minimum absolute atomic E-state index is 0.0570. The van der Waals surface area contributed by atoms with Gasteiger partial charge in [-0.3, -0.25) is 4.79 Å². The highest BCUT2D eigenvalue weighted by molar-refractivity contribution is 7.89. The molecule has 0 radical (unpaired) electrons. The van der Waals surface area contributed by atoms with Crippen LogP contribution in [0, 0.1) is 6.92 Å². The fraction of sp³-hybridized carbons (Fsp3) is 0.533. The number of rotatable bonds is 4. The zero-order valence-corrected chi connectivity index (χ0v) is 13.9. The second-order valence-electron chi connectivity index (χ2n) is 5.51. The molecule has 0 saturated carbocycles. The van der Waals surface area contributed by atoms with E-state index in [1.165, 1.54) is 11.2 Å². The maximum absolute atomic E-state index is 12.7. The molecule has 0 bridgehead atoms. The number of aryl methyl sites for hydroxylation is 1. The fourth-order valence-corrected chi connectivity index (χ4v) is 4.24. The number of nitrogens with zero attached hydrogens (tertiary/aromatic N) is 1. The van der Waals surface area contributed by atoms with Crippen molar-refractivity contribution in [1.82, 2.24) is 9.62 Å². The molecule has 1 amide bonds. The number of benzene rings is 1. The van der Waals surface area contributed by atoms with E-state index in [1.807, 2.05) is 6.92 Å². The highest BCUT2D eigenvalue weighted by Gasteiger charge is 2.29. The van der Waals surface area contributed by atoms with E-state index in [2.05, 4.69) is 5.32 Å². The number of carbonyl (C=O) groups is 1. The lowest BCUT2D eigenvalue weighted by molar-refractivity contribution is -0.119. The Morgan fingerprint density at radius 3 is 2.45 bits per heavy atom. The normalized spacial score (nSPS) is 17.2. The Labute approximate surface area is 131 Å². The van der Waals surface area contributed by atoms with E-state index < -0.39 is 10.0 Å². The van der Waals surface area contributed by atoms with Gasteiger partial charge in [0.2, 0.25) is 15.9 Å². The number of carbonyl (C=O) groups excluding carboxylic acids is 1. The maximum Gasteiger partial charge on any atom is 0.243 e. The van der Waals surface area contributed by atoms with Gasteiger partial charge in [-0.05, 0) is 43.5 Å². The molecule has 1 N–H and O–H groups in total. The van der Waals surface area contributed by atoms with E-state index in [-0.39, 0.29) is 16.8 Å². The van der Waals surface area contributed by atoms with Crippen LogP contribution >= 0.6 is 0 Å². The lowest BCUT2D eigenvalue weighted by Gasteiger charge is -2.31. The van der Waals surface area contributed by atoms with Gasteiger partial charge in [-0.1, -0.05) is 0 Å². The molecule has 0 unspecified atom stereocenters. The largest absolute Gasteiger partial charge is 0.496 e. The van der Waals surface area contributed by atoms with Crippen molar-refractivity contribution in [2.24, 2.45) is 0 Å². The molecule has 122 valence electrons. The number of sulfonamides is 1. The Kier molecular flexibility index (Phi) is 5.08. The van der Waals surface area contributed by atoms with Crippen LogP contribution < -0.4 is 10.1 Å². The first-order valence-corrected chi connectivity index (χ1v) is 8.70. The zero-order valence-electron chi connectivity index (χ0n) is 13.1. The number of nitrogens with one attached hydrogen (secondary N) is 1. The molecule has 1 saturated heterocycles. The summed E-state index contributed by atoms with van der Waals surface area (Å²) in [6.07, 6.45) is 1.27. The summed E-state index contributed by atoms with van der Waals surface area (Å²) in [5.41, 5.74) is 0.789. The van der Waals surface area contributed by atoms with Crippen LogP contribution in [0.3, 0.4) is 0 Å². The number of methoxy groups -OCH3 is 1. The third kappa shape index (κ3) is 3.59. The average Bonchev–Trinajstić information content (AvgIpc) is 2.47. The first kappa shape index (κ1) is 16.8. The molecule has 6 nitrogen and oxygen atoms in total. The molecule has 0 spiro atoms. The van der Waals surface area contributed by atoms with Gasteiger partial charge < -0.3 is 10.1 Å². The predicted molar refractivity (Wildman–Crippen MR) is 83.3 cm³/mol. The van der Waals surface area contributed by atoms with Gasteiger partial charge in [0.05, 0.1) is 12.0 Å². The quantitative estimate of drug-likeness (QED) is 0.905. The number of hydrogen-bond acceptors (Lipinski definition) is 4. The van der Waals surface area contributed by atoms with Gasteiger partial charge in [-0.15, -0.1) is 0 Å². The molecule has 1 aliphatic heterocycles. The van der Waals surface area contributed by atoms with Crippen LogP contribution in [-0.4, -0.2) is 44.9 Å². The number of ether oxygens (including phenoxy) is 1. The molecule has 1 aromatic rings. The maximum atomic E-state index is 12.7. The molecule has 1 heterocycles. The van der Waals surface area contributed by atoms with Gasteiger partial charge in [0.15, 0.2) is 0 Å². The van der Waals surface area contributed by atoms with E-state index in [1.54, 1.807) is 25.3 Å². The van der Waals surface area contributed by atoms with E-state index in [0.29, 0.717) is 31.7 Å². The second kappa shape index (κ2) is 6.66. The Morgan fingerprint density at radius 2 is 1.95 bits per heavy atom. The van der Waals surface area contributed by atoms with E-state index >= 15 is 0 Å². The van der Waals surface area contributed by atoms with Crippen molar-refractivity contribution < 1.29 is 17.9 Å². The topological polar surface area (TPSA) is 75.7 Å². The van der Waals surface area contributed by atoms with Crippen molar-refractivity contribution >= 4 is 15.9 Å². The monoisotopic (exact) mass is 326 g/mol. The number of hydrogen-bond donors (Lipinski definition) is 1. The summed E-state index contributed by atoms with van der Waals surface area (Å²) in [5.74, 6) is 0.593. The lowest BCUT2D eigenvalue weighted by atomic mass is 10.1. The van der Waals surface area contributed by atoms with E-state index in [0.717, 1.165) is 5.56 Å². The molecule has 1 aliphatic rings. The summed E-state index contributed by atoms with van der Waals surface area (Å²) in [6, 6.07) is 4.93. The Morgan fingerprint density at radius 1 is 1.32 bits per heavy atom. The van der Waals surface area contributed by atoms with Crippen LogP contribution in [0.1, 0.15) is 25.3 Å². The Bertz CT molecular complexity index is 650. The van der Waals surface area contributed by atoms with Crippen LogP contribution in [0.25, 0.3) is 0 Å². The smallest absolute Gasteiger partial charge is 0.243 e. The molecular weight excluding hydrogens is 304 g/mol. The van der Waals surface area contributed by atoms with Crippen LogP contribution in [0.2, 0.25) is 0 Å². The molecule has 0 atom stereocenters. The first-order chi connectivity index (χ1) is 10.3. The number of piperidine rings is 1. The van der Waals surface area contributed by atoms with Crippen LogP contribution in [0.15, 0.2) is 23.1 Å². The van der Waals surface area contributed by atoms with Gasteiger partial charge in [0.25, 0.3) is 0 Å². The van der Waals surface area contributed by atoms with Crippen LogP contribution in [0.4, 0.5) is 0 Å². The molecule has 1 aromatic carbocycles. The molecular formula is C15H22N2O4S. The van der Waals surface area contributed by atoms with Gasteiger partial charge in [0, 0.05) is 26.1 Å². The third-order valence-electron chi connectivity index (χ3n) is 3.87. The van der Waals surface area contributed by atoms with Gasteiger partial charge in [0.1, 0.15) is 5.75 Å². The summed E-state index contributed by atoms with van der Waals surface area (Å²) in [4.78, 5) is 11.3. The fourth-order valence-electron chi connectivity index (χ4n) is 2.69. The van der Waals surface area contributed by atoms with Gasteiger partial charge in [-0.25, -0.2) is 8.42 Å². The number of amides is 1. The minimum atomic E-state index is -3.50. The molecule has 7 heteroatoms. The van der Waals surface area contributed by atoms with Crippen molar-refractivity contribution in [3.63, 3.8) is 0 Å². The summed E-state index contributed by atoms with van der Waals surface area (Å²) >= 11 is 0. The van der Waals surface area contributed by atoms with Crippen molar-refractivity contribution in [2.45, 2.75) is 37.6 Å². The summed E-state index contributed by atoms with van der Waals surface area (Å²) in [7, 11) is -1.94. The Hall–Kier alpha value is -1.60. The SMILES string of the molecule is COc1ccc(S(=O)(=O)N2CCC(NC(C)=O)CC2)cc1C. The molecule has 0 aliphatic carbocycles.